The van der Waals surface area contributed by atoms with Gasteiger partial charge in [0.25, 0.3) is 0 Å². The number of aromatic nitrogens is 1. The molecule has 84 valence electrons. The summed E-state index contributed by atoms with van der Waals surface area (Å²) in [6.07, 6.45) is 0. The van der Waals surface area contributed by atoms with Gasteiger partial charge in [0.1, 0.15) is 0 Å². The van der Waals surface area contributed by atoms with Crippen LogP contribution in [0.4, 0.5) is 5.69 Å². The maximum atomic E-state index is 6.03. The molecule has 0 radical (unpaired) electrons. The average Bonchev–Trinajstić information content (AvgIpc) is 2.26. The minimum absolute atomic E-state index is 0.747. The van der Waals surface area contributed by atoms with E-state index in [1.54, 1.807) is 0 Å². The topological polar surface area (TPSA) is 24.9 Å². The Morgan fingerprint density at radius 3 is 2.75 bits per heavy atom. The zero-order valence-electron chi connectivity index (χ0n) is 9.76. The van der Waals surface area contributed by atoms with Gasteiger partial charge in [-0.25, -0.2) is 0 Å². The average molecular weight is 235 g/mol. The van der Waals surface area contributed by atoms with Gasteiger partial charge in [0.15, 0.2) is 0 Å². The molecule has 3 heteroatoms. The van der Waals surface area contributed by atoms with Crippen molar-refractivity contribution >= 4 is 28.2 Å². The zero-order chi connectivity index (χ0) is 11.7. The van der Waals surface area contributed by atoms with Crippen LogP contribution in [0.1, 0.15) is 18.2 Å². The van der Waals surface area contributed by atoms with Gasteiger partial charge in [-0.15, -0.1) is 0 Å². The van der Waals surface area contributed by atoms with Crippen molar-refractivity contribution in [2.24, 2.45) is 0 Å². The first kappa shape index (κ1) is 11.2. The summed E-state index contributed by atoms with van der Waals surface area (Å²) in [5.41, 5.74) is 4.39. The maximum Gasteiger partial charge on any atom is 0.0727 e. The Hall–Kier alpha value is -1.28. The van der Waals surface area contributed by atoms with Crippen LogP contribution in [0.15, 0.2) is 18.2 Å². The van der Waals surface area contributed by atoms with Crippen molar-refractivity contribution in [3.63, 3.8) is 0 Å². The van der Waals surface area contributed by atoms with Crippen molar-refractivity contribution < 1.29 is 0 Å². The molecular weight excluding hydrogens is 220 g/mol. The standard InChI is InChI=1S/C13H15ClN2/c1-4-15-13-8(2)9(3)16-12-6-5-10(14)7-11(12)13/h5-7H,4H2,1-3H3,(H,15,16). The Morgan fingerprint density at radius 2 is 2.06 bits per heavy atom. The maximum absolute atomic E-state index is 6.03. The first-order valence-electron chi connectivity index (χ1n) is 5.43. The molecule has 1 heterocycles. The minimum atomic E-state index is 0.747. The lowest BCUT2D eigenvalue weighted by Gasteiger charge is -2.13. The van der Waals surface area contributed by atoms with Gasteiger partial charge in [-0.05, 0) is 44.5 Å². The second-order valence-electron chi connectivity index (χ2n) is 3.89. The van der Waals surface area contributed by atoms with E-state index in [0.29, 0.717) is 0 Å². The summed E-state index contributed by atoms with van der Waals surface area (Å²) in [5, 5.41) is 5.23. The molecule has 0 aliphatic carbocycles. The molecule has 0 unspecified atom stereocenters. The Balaban J connectivity index is 2.79. The molecule has 0 spiro atoms. The summed E-state index contributed by atoms with van der Waals surface area (Å²) >= 11 is 6.03. The number of aryl methyl sites for hydroxylation is 1. The molecule has 1 N–H and O–H groups in total. The highest BCUT2D eigenvalue weighted by atomic mass is 35.5. The normalized spacial score (nSPS) is 10.8. The number of fused-ring (bicyclic) bond motifs is 1. The lowest BCUT2D eigenvalue weighted by molar-refractivity contribution is 1.16. The van der Waals surface area contributed by atoms with Gasteiger partial charge in [0.2, 0.25) is 0 Å². The number of halogens is 1. The van der Waals surface area contributed by atoms with Gasteiger partial charge in [0, 0.05) is 28.3 Å². The molecule has 0 saturated carbocycles. The van der Waals surface area contributed by atoms with Crippen LogP contribution in [0.2, 0.25) is 5.02 Å². The number of hydrogen-bond donors (Lipinski definition) is 1. The Labute approximate surface area is 101 Å². The summed E-state index contributed by atoms with van der Waals surface area (Å²) in [6.45, 7) is 7.10. The highest BCUT2D eigenvalue weighted by Gasteiger charge is 2.08. The summed E-state index contributed by atoms with van der Waals surface area (Å²) in [7, 11) is 0. The predicted octanol–water partition coefficient (Wildman–Crippen LogP) is 3.94. The fourth-order valence-electron chi connectivity index (χ4n) is 1.86. The number of hydrogen-bond acceptors (Lipinski definition) is 2. The van der Waals surface area contributed by atoms with E-state index in [1.807, 2.05) is 25.1 Å². The van der Waals surface area contributed by atoms with Gasteiger partial charge in [0.05, 0.1) is 5.52 Å². The van der Waals surface area contributed by atoms with E-state index >= 15 is 0 Å². The lowest BCUT2D eigenvalue weighted by atomic mass is 10.1. The van der Waals surface area contributed by atoms with Crippen molar-refractivity contribution in [3.8, 4) is 0 Å². The van der Waals surface area contributed by atoms with E-state index in [4.69, 9.17) is 11.6 Å². The summed E-state index contributed by atoms with van der Waals surface area (Å²) in [4.78, 5) is 4.56. The van der Waals surface area contributed by atoms with Crippen molar-refractivity contribution in [1.82, 2.24) is 4.98 Å². The SMILES string of the molecule is CCNc1c(C)c(C)nc2ccc(Cl)cc12. The summed E-state index contributed by atoms with van der Waals surface area (Å²) in [6, 6.07) is 5.81. The number of nitrogens with one attached hydrogen (secondary N) is 1. The molecule has 0 bridgehead atoms. The molecule has 2 aromatic rings. The van der Waals surface area contributed by atoms with Crippen molar-refractivity contribution in [2.75, 3.05) is 11.9 Å². The molecule has 0 aliphatic heterocycles. The fourth-order valence-corrected chi connectivity index (χ4v) is 2.03. The molecule has 0 atom stereocenters. The van der Waals surface area contributed by atoms with E-state index in [9.17, 15) is 0 Å². The molecule has 0 fully saturated rings. The van der Waals surface area contributed by atoms with E-state index in [1.165, 1.54) is 5.56 Å². The van der Waals surface area contributed by atoms with Crippen LogP contribution in [0, 0.1) is 13.8 Å². The van der Waals surface area contributed by atoms with Crippen LogP contribution < -0.4 is 5.32 Å². The van der Waals surface area contributed by atoms with Crippen LogP contribution >= 0.6 is 11.6 Å². The largest absolute Gasteiger partial charge is 0.385 e. The summed E-state index contributed by atoms with van der Waals surface area (Å²) in [5.74, 6) is 0. The molecule has 2 nitrogen and oxygen atoms in total. The molecule has 16 heavy (non-hydrogen) atoms. The van der Waals surface area contributed by atoms with Crippen LogP contribution in [0.5, 0.6) is 0 Å². The van der Waals surface area contributed by atoms with E-state index in [0.717, 1.165) is 33.9 Å². The second-order valence-corrected chi connectivity index (χ2v) is 4.33. The third kappa shape index (κ3) is 1.85. The molecule has 2 rings (SSSR count). The van der Waals surface area contributed by atoms with Crippen molar-refractivity contribution in [1.29, 1.82) is 0 Å². The van der Waals surface area contributed by atoms with Crippen LogP contribution in [-0.4, -0.2) is 11.5 Å². The predicted molar refractivity (Wildman–Crippen MR) is 70.4 cm³/mol. The van der Waals surface area contributed by atoms with Crippen LogP contribution in [0.3, 0.4) is 0 Å². The quantitative estimate of drug-likeness (QED) is 0.852. The monoisotopic (exact) mass is 234 g/mol. The third-order valence-corrected chi connectivity index (χ3v) is 3.02. The number of nitrogens with zero attached hydrogens (tertiary/aromatic N) is 1. The second kappa shape index (κ2) is 4.30. The zero-order valence-corrected chi connectivity index (χ0v) is 10.5. The van der Waals surface area contributed by atoms with Gasteiger partial charge in [-0.2, -0.15) is 0 Å². The van der Waals surface area contributed by atoms with E-state index in [2.05, 4.69) is 24.1 Å². The highest BCUT2D eigenvalue weighted by molar-refractivity contribution is 6.31. The first-order valence-corrected chi connectivity index (χ1v) is 5.81. The molecule has 1 aromatic carbocycles. The fraction of sp³-hybridized carbons (Fsp3) is 0.308. The Morgan fingerprint density at radius 1 is 1.31 bits per heavy atom. The van der Waals surface area contributed by atoms with Crippen LogP contribution in [0.25, 0.3) is 10.9 Å². The van der Waals surface area contributed by atoms with E-state index in [-0.39, 0.29) is 0 Å². The van der Waals surface area contributed by atoms with Crippen LogP contribution in [-0.2, 0) is 0 Å². The van der Waals surface area contributed by atoms with Gasteiger partial charge in [-0.3, -0.25) is 4.98 Å². The van der Waals surface area contributed by atoms with Crippen molar-refractivity contribution in [3.05, 3.63) is 34.5 Å². The molecule has 1 aromatic heterocycles. The molecule has 0 saturated heterocycles. The smallest absolute Gasteiger partial charge is 0.0727 e. The minimum Gasteiger partial charge on any atom is -0.385 e. The number of anilines is 1. The Kier molecular flexibility index (Phi) is 3.01. The lowest BCUT2D eigenvalue weighted by Crippen LogP contribution is -2.02. The summed E-state index contributed by atoms with van der Waals surface area (Å²) < 4.78 is 0. The van der Waals surface area contributed by atoms with Gasteiger partial charge in [-0.1, -0.05) is 11.6 Å². The first-order chi connectivity index (χ1) is 7.63. The van der Waals surface area contributed by atoms with Crippen molar-refractivity contribution in [2.45, 2.75) is 20.8 Å². The molecule has 0 amide bonds. The molecule has 0 aliphatic rings. The highest BCUT2D eigenvalue weighted by Crippen LogP contribution is 2.29. The third-order valence-electron chi connectivity index (χ3n) is 2.79. The van der Waals surface area contributed by atoms with Gasteiger partial charge >= 0.3 is 0 Å². The number of rotatable bonds is 2. The number of pyridine rings is 1. The molecular formula is C13H15ClN2. The van der Waals surface area contributed by atoms with Gasteiger partial charge < -0.3 is 5.32 Å². The Bertz CT molecular complexity index is 535. The van der Waals surface area contributed by atoms with E-state index < -0.39 is 0 Å². The number of benzene rings is 1.